The Bertz CT molecular complexity index is 757. The fourth-order valence-corrected chi connectivity index (χ4v) is 3.66. The van der Waals surface area contributed by atoms with Crippen LogP contribution < -0.4 is 10.5 Å². The Hall–Kier alpha value is -1.61. The van der Waals surface area contributed by atoms with Crippen molar-refractivity contribution in [1.82, 2.24) is 0 Å². The number of aryl methyl sites for hydroxylation is 3. The van der Waals surface area contributed by atoms with Gasteiger partial charge in [-0.1, -0.05) is 6.07 Å². The molecule has 0 atom stereocenters. The minimum atomic E-state index is -4.54. The summed E-state index contributed by atoms with van der Waals surface area (Å²) in [5, 5.41) is 18.4. The van der Waals surface area contributed by atoms with Crippen molar-refractivity contribution >= 4 is 11.3 Å². The fraction of sp³-hybridized carbons (Fsp3) is 0.500. The molecule has 0 fully saturated rings. The van der Waals surface area contributed by atoms with Crippen LogP contribution in [0, 0.1) is 6.92 Å². The summed E-state index contributed by atoms with van der Waals surface area (Å²) in [4.78, 5) is 2.39. The highest BCUT2D eigenvalue weighted by molar-refractivity contribution is 7.11. The van der Waals surface area contributed by atoms with Crippen LogP contribution in [0.2, 0.25) is 0 Å². The van der Waals surface area contributed by atoms with Gasteiger partial charge in [-0.15, -0.1) is 11.3 Å². The summed E-state index contributed by atoms with van der Waals surface area (Å²) in [7, 11) is 0. The van der Waals surface area contributed by atoms with Gasteiger partial charge in [0.1, 0.15) is 5.75 Å². The first-order valence-corrected chi connectivity index (χ1v) is 9.87. The van der Waals surface area contributed by atoms with Gasteiger partial charge in [-0.25, -0.2) is 0 Å². The Balaban J connectivity index is 2.01. The number of halogens is 3. The molecule has 4 N–H and O–H groups in total. The topological polar surface area (TPSA) is 75.7 Å². The number of alkyl halides is 3. The lowest BCUT2D eigenvalue weighted by molar-refractivity contribution is -0.139. The molecule has 0 aliphatic heterocycles. The number of benzene rings is 1. The first-order chi connectivity index (χ1) is 13.2. The zero-order chi connectivity index (χ0) is 20.8. The predicted octanol–water partition coefficient (Wildman–Crippen LogP) is 3.70. The van der Waals surface area contributed by atoms with Crippen LogP contribution in [-0.2, 0) is 19.0 Å². The first kappa shape index (κ1) is 22.7. The van der Waals surface area contributed by atoms with Crippen LogP contribution in [0.3, 0.4) is 0 Å². The molecule has 0 radical (unpaired) electrons. The minimum Gasteiger partial charge on any atom is -0.493 e. The van der Waals surface area contributed by atoms with E-state index in [0.29, 0.717) is 12.0 Å². The molecule has 0 saturated heterocycles. The Morgan fingerprint density at radius 3 is 2.36 bits per heavy atom. The highest BCUT2D eigenvalue weighted by Crippen LogP contribution is 2.37. The fourth-order valence-electron chi connectivity index (χ4n) is 2.73. The van der Waals surface area contributed by atoms with Crippen LogP contribution in [0.4, 0.5) is 13.2 Å². The number of aliphatic hydroxyl groups excluding tert-OH is 2. The van der Waals surface area contributed by atoms with Crippen molar-refractivity contribution in [2.75, 3.05) is 19.8 Å². The summed E-state index contributed by atoms with van der Waals surface area (Å²) in [6.07, 6.45) is -2.78. The van der Waals surface area contributed by atoms with Crippen molar-refractivity contribution in [3.63, 3.8) is 0 Å². The summed E-state index contributed by atoms with van der Waals surface area (Å²) < 4.78 is 45.7. The van der Waals surface area contributed by atoms with E-state index in [9.17, 15) is 23.4 Å². The molecule has 0 aliphatic carbocycles. The highest BCUT2D eigenvalue weighted by Gasteiger charge is 2.35. The average molecular weight is 417 g/mol. The monoisotopic (exact) mass is 417 g/mol. The second kappa shape index (κ2) is 9.73. The molecular weight excluding hydrogens is 391 g/mol. The van der Waals surface area contributed by atoms with Gasteiger partial charge in [0.2, 0.25) is 0 Å². The maximum absolute atomic E-state index is 13.4. The highest BCUT2D eigenvalue weighted by atomic mass is 32.1. The van der Waals surface area contributed by atoms with E-state index >= 15 is 0 Å². The largest absolute Gasteiger partial charge is 0.493 e. The first-order valence-electron chi connectivity index (χ1n) is 9.06. The van der Waals surface area contributed by atoms with E-state index in [1.807, 2.05) is 19.1 Å². The van der Waals surface area contributed by atoms with Crippen LogP contribution in [0.1, 0.15) is 33.7 Å². The van der Waals surface area contributed by atoms with E-state index in [4.69, 9.17) is 10.5 Å². The van der Waals surface area contributed by atoms with Gasteiger partial charge in [-0.2, -0.15) is 13.2 Å². The number of nitrogens with two attached hydrogens (primary N) is 1. The Morgan fingerprint density at radius 1 is 1.07 bits per heavy atom. The third kappa shape index (κ3) is 6.48. The maximum atomic E-state index is 13.4. The van der Waals surface area contributed by atoms with Crippen LogP contribution in [0.5, 0.6) is 5.75 Å². The average Bonchev–Trinajstić information content (AvgIpc) is 3.08. The van der Waals surface area contributed by atoms with E-state index in [-0.39, 0.29) is 25.2 Å². The minimum absolute atomic E-state index is 0.164. The second-order valence-corrected chi connectivity index (χ2v) is 8.34. The quantitative estimate of drug-likeness (QED) is 0.515. The molecule has 0 amide bonds. The van der Waals surface area contributed by atoms with Gasteiger partial charge in [-0.3, -0.25) is 0 Å². The van der Waals surface area contributed by atoms with E-state index in [0.717, 1.165) is 12.5 Å². The van der Waals surface area contributed by atoms with E-state index in [1.54, 1.807) is 17.4 Å². The molecule has 0 bridgehead atoms. The van der Waals surface area contributed by atoms with E-state index < -0.39 is 30.5 Å². The summed E-state index contributed by atoms with van der Waals surface area (Å²) in [6, 6.07) is 7.97. The van der Waals surface area contributed by atoms with Gasteiger partial charge in [0, 0.05) is 9.75 Å². The van der Waals surface area contributed by atoms with Crippen LogP contribution in [0.15, 0.2) is 30.3 Å². The predicted molar refractivity (Wildman–Crippen MR) is 104 cm³/mol. The standard InChI is InChI=1S/C20H26F3NO3S/c1-14-4-6-16(28-14)3-2-10-27-18-7-5-15(11-17(18)20(21,22)23)8-9-19(24,12-25)13-26/h4-7,11,25-26H,2-3,8-10,12-13,24H2,1H3. The zero-order valence-electron chi connectivity index (χ0n) is 15.8. The third-order valence-corrected chi connectivity index (χ3v) is 5.57. The molecule has 2 aromatic rings. The number of thiophene rings is 1. The van der Waals surface area contributed by atoms with Gasteiger partial charge >= 0.3 is 6.18 Å². The molecule has 8 heteroatoms. The van der Waals surface area contributed by atoms with Crippen molar-refractivity contribution in [2.24, 2.45) is 5.73 Å². The Kier molecular flexibility index (Phi) is 7.88. The molecule has 1 aromatic carbocycles. The molecule has 1 aromatic heterocycles. The lowest BCUT2D eigenvalue weighted by Gasteiger charge is -2.24. The van der Waals surface area contributed by atoms with E-state index in [2.05, 4.69) is 0 Å². The van der Waals surface area contributed by atoms with Gasteiger partial charge in [-0.05, 0) is 62.4 Å². The number of hydrogen-bond donors (Lipinski definition) is 3. The van der Waals surface area contributed by atoms with Crippen LogP contribution >= 0.6 is 11.3 Å². The summed E-state index contributed by atoms with van der Waals surface area (Å²) in [6.45, 7) is 1.32. The van der Waals surface area contributed by atoms with Gasteiger partial charge in [0.15, 0.2) is 0 Å². The Morgan fingerprint density at radius 2 is 1.79 bits per heavy atom. The third-order valence-electron chi connectivity index (χ3n) is 4.51. The maximum Gasteiger partial charge on any atom is 0.419 e. The molecule has 0 saturated carbocycles. The molecule has 0 aliphatic rings. The van der Waals surface area contributed by atoms with Gasteiger partial charge < -0.3 is 20.7 Å². The Labute approximate surface area is 166 Å². The number of aliphatic hydroxyl groups is 2. The number of hydrogen-bond acceptors (Lipinski definition) is 5. The normalized spacial score (nSPS) is 12.4. The van der Waals surface area contributed by atoms with Crippen molar-refractivity contribution in [3.8, 4) is 5.75 Å². The van der Waals surface area contributed by atoms with E-state index in [1.165, 1.54) is 15.8 Å². The molecular formula is C20H26F3NO3S. The van der Waals surface area contributed by atoms with Crippen molar-refractivity contribution < 1.29 is 28.1 Å². The van der Waals surface area contributed by atoms with Crippen molar-refractivity contribution in [2.45, 2.75) is 44.3 Å². The number of ether oxygens (including phenoxy) is 1. The van der Waals surface area contributed by atoms with Crippen LogP contribution in [-0.4, -0.2) is 35.6 Å². The molecule has 0 spiro atoms. The molecule has 1 heterocycles. The molecule has 156 valence electrons. The SMILES string of the molecule is Cc1ccc(CCCOc2ccc(CCC(N)(CO)CO)cc2C(F)(F)F)s1. The molecule has 2 rings (SSSR count). The van der Waals surface area contributed by atoms with Gasteiger partial charge in [0.25, 0.3) is 0 Å². The van der Waals surface area contributed by atoms with Crippen molar-refractivity contribution in [1.29, 1.82) is 0 Å². The molecule has 0 unspecified atom stereocenters. The smallest absolute Gasteiger partial charge is 0.419 e. The molecule has 28 heavy (non-hydrogen) atoms. The van der Waals surface area contributed by atoms with Crippen LogP contribution in [0.25, 0.3) is 0 Å². The lowest BCUT2D eigenvalue weighted by Crippen LogP contribution is -2.47. The van der Waals surface area contributed by atoms with Crippen molar-refractivity contribution in [3.05, 3.63) is 51.2 Å². The zero-order valence-corrected chi connectivity index (χ0v) is 16.6. The summed E-state index contributed by atoms with van der Waals surface area (Å²) in [5.74, 6) is -0.193. The number of rotatable bonds is 10. The summed E-state index contributed by atoms with van der Waals surface area (Å²) in [5.41, 5.74) is 4.16. The second-order valence-electron chi connectivity index (χ2n) is 6.97. The summed E-state index contributed by atoms with van der Waals surface area (Å²) >= 11 is 1.67. The lowest BCUT2D eigenvalue weighted by atomic mass is 9.93. The molecule has 4 nitrogen and oxygen atoms in total. The van der Waals surface area contributed by atoms with Gasteiger partial charge in [0.05, 0.1) is 30.9 Å².